The van der Waals surface area contributed by atoms with Gasteiger partial charge in [-0.15, -0.1) is 0 Å². The van der Waals surface area contributed by atoms with E-state index in [4.69, 9.17) is 23.9 Å². The zero-order valence-electron chi connectivity index (χ0n) is 22.4. The maximum Gasteiger partial charge on any atom is 0.435 e. The Bertz CT molecular complexity index is 1200. The van der Waals surface area contributed by atoms with Gasteiger partial charge in [0.05, 0.1) is 14.2 Å². The second-order valence-corrected chi connectivity index (χ2v) is 10.3. The van der Waals surface area contributed by atoms with Crippen molar-refractivity contribution in [2.24, 2.45) is 4.99 Å². The second-order valence-electron chi connectivity index (χ2n) is 10.3. The first-order valence-corrected chi connectivity index (χ1v) is 11.7. The van der Waals surface area contributed by atoms with Crippen LogP contribution in [-0.2, 0) is 24.7 Å². The summed E-state index contributed by atoms with van der Waals surface area (Å²) in [6.45, 7) is 10.1. The minimum Gasteiger partial charge on any atom is -0.497 e. The predicted octanol–water partition coefficient (Wildman–Crippen LogP) is 4.87. The second kappa shape index (κ2) is 10.1. The van der Waals surface area contributed by atoms with Crippen molar-refractivity contribution >= 4 is 24.0 Å². The van der Waals surface area contributed by atoms with E-state index in [0.29, 0.717) is 11.3 Å². The van der Waals surface area contributed by atoms with Gasteiger partial charge < -0.3 is 18.9 Å². The van der Waals surface area contributed by atoms with Crippen molar-refractivity contribution in [3.63, 3.8) is 0 Å². The van der Waals surface area contributed by atoms with Crippen molar-refractivity contribution < 1.29 is 33.3 Å². The van der Waals surface area contributed by atoms with Gasteiger partial charge in [-0.25, -0.2) is 19.4 Å². The van der Waals surface area contributed by atoms with Gasteiger partial charge in [0.15, 0.2) is 5.84 Å². The molecule has 2 aromatic carbocycles. The number of hydrogen-bond acceptors (Lipinski definition) is 8. The fourth-order valence-electron chi connectivity index (χ4n) is 3.68. The topological polar surface area (TPSA) is 107 Å². The number of hydrazine groups is 1. The molecule has 37 heavy (non-hydrogen) atoms. The third-order valence-corrected chi connectivity index (χ3v) is 5.08. The van der Waals surface area contributed by atoms with Crippen molar-refractivity contribution in [3.8, 4) is 5.75 Å². The summed E-state index contributed by atoms with van der Waals surface area (Å²) in [5, 5.41) is 1.76. The van der Waals surface area contributed by atoms with E-state index in [1.54, 1.807) is 96.1 Å². The van der Waals surface area contributed by atoms with E-state index >= 15 is 0 Å². The highest BCUT2D eigenvalue weighted by molar-refractivity contribution is 6.11. The molecule has 0 saturated carbocycles. The molecule has 2 aromatic rings. The summed E-state index contributed by atoms with van der Waals surface area (Å²) < 4.78 is 21.8. The van der Waals surface area contributed by atoms with Gasteiger partial charge in [-0.2, -0.15) is 10.0 Å². The quantitative estimate of drug-likeness (QED) is 0.426. The molecule has 0 aliphatic carbocycles. The van der Waals surface area contributed by atoms with Gasteiger partial charge in [0.1, 0.15) is 17.0 Å². The number of esters is 1. The monoisotopic (exact) mass is 511 g/mol. The molecule has 10 heteroatoms. The van der Waals surface area contributed by atoms with E-state index in [1.807, 2.05) is 0 Å². The number of ether oxygens (including phenoxy) is 4. The predicted molar refractivity (Wildman–Crippen MR) is 136 cm³/mol. The molecule has 0 aromatic heterocycles. The molecule has 0 bridgehead atoms. The van der Waals surface area contributed by atoms with Gasteiger partial charge in [0, 0.05) is 11.1 Å². The highest BCUT2D eigenvalue weighted by Crippen LogP contribution is 2.41. The van der Waals surface area contributed by atoms with E-state index in [2.05, 4.69) is 0 Å². The Balaban J connectivity index is 2.39. The summed E-state index contributed by atoms with van der Waals surface area (Å²) in [4.78, 5) is 45.8. The number of aliphatic imine (C=N–C) groups is 1. The molecule has 1 atom stereocenters. The SMILES string of the molecule is COC(=O)[C@]1(c2ccccc2)N=C(c2cccc(OC)c2)N(C(=O)OC(C)(C)C)N1C(=O)OC(C)(C)C. The van der Waals surface area contributed by atoms with E-state index < -0.39 is 35.0 Å². The number of benzene rings is 2. The summed E-state index contributed by atoms with van der Waals surface area (Å²) in [7, 11) is 2.67. The van der Waals surface area contributed by atoms with Crippen LogP contribution in [0.25, 0.3) is 0 Å². The van der Waals surface area contributed by atoms with Crippen molar-refractivity contribution in [1.29, 1.82) is 0 Å². The average molecular weight is 512 g/mol. The van der Waals surface area contributed by atoms with Crippen LogP contribution in [0.3, 0.4) is 0 Å². The normalized spacial score (nSPS) is 17.7. The standard InChI is InChI=1S/C27H33N3O7/c1-25(2,3)36-23(32)29-21(18-13-12-16-20(17-18)34-7)28-27(22(31)35-8,19-14-10-9-11-15-19)30(29)24(33)37-26(4,5)6/h9-17H,1-8H3/t27-/m1/s1. The van der Waals surface area contributed by atoms with Crippen LogP contribution in [0, 0.1) is 0 Å². The molecule has 0 spiro atoms. The first-order chi connectivity index (χ1) is 17.2. The lowest BCUT2D eigenvalue weighted by atomic mass is 9.99. The summed E-state index contributed by atoms with van der Waals surface area (Å²) in [5.41, 5.74) is -3.36. The Morgan fingerprint density at radius 1 is 0.811 bits per heavy atom. The molecule has 0 unspecified atom stereocenters. The summed E-state index contributed by atoms with van der Waals surface area (Å²) in [6.07, 6.45) is -1.95. The lowest BCUT2D eigenvalue weighted by molar-refractivity contribution is -0.161. The molecule has 0 saturated heterocycles. The van der Waals surface area contributed by atoms with Gasteiger partial charge in [-0.1, -0.05) is 42.5 Å². The van der Waals surface area contributed by atoms with Crippen LogP contribution in [0.15, 0.2) is 59.6 Å². The Morgan fingerprint density at radius 2 is 1.41 bits per heavy atom. The summed E-state index contributed by atoms with van der Waals surface area (Å²) in [5.74, 6) is -0.465. The van der Waals surface area contributed by atoms with Crippen molar-refractivity contribution in [1.82, 2.24) is 10.0 Å². The number of rotatable bonds is 4. The largest absolute Gasteiger partial charge is 0.497 e. The Labute approximate surface area is 216 Å². The smallest absolute Gasteiger partial charge is 0.435 e. The molecule has 10 nitrogen and oxygen atoms in total. The minimum atomic E-state index is -2.13. The van der Waals surface area contributed by atoms with Gasteiger partial charge in [0.25, 0.3) is 5.66 Å². The van der Waals surface area contributed by atoms with Crippen LogP contribution in [0.5, 0.6) is 5.75 Å². The fourth-order valence-corrected chi connectivity index (χ4v) is 3.68. The molecule has 1 heterocycles. The van der Waals surface area contributed by atoms with E-state index in [9.17, 15) is 14.4 Å². The van der Waals surface area contributed by atoms with E-state index in [-0.39, 0.29) is 11.4 Å². The molecule has 198 valence electrons. The zero-order chi connectivity index (χ0) is 27.6. The average Bonchev–Trinajstić information content (AvgIpc) is 3.20. The first-order valence-electron chi connectivity index (χ1n) is 11.7. The molecule has 1 aliphatic heterocycles. The van der Waals surface area contributed by atoms with Crippen molar-refractivity contribution in [3.05, 3.63) is 65.7 Å². The zero-order valence-corrected chi connectivity index (χ0v) is 22.4. The number of methoxy groups -OCH3 is 2. The lowest BCUT2D eigenvalue weighted by Crippen LogP contribution is -2.60. The fraction of sp³-hybridized carbons (Fsp3) is 0.407. The number of amides is 2. The number of nitrogens with zero attached hydrogens (tertiary/aromatic N) is 3. The Hall–Kier alpha value is -4.08. The van der Waals surface area contributed by atoms with Crippen molar-refractivity contribution in [2.75, 3.05) is 14.2 Å². The minimum absolute atomic E-state index is 0.0340. The van der Waals surface area contributed by atoms with Gasteiger partial charge in [-0.3, -0.25) is 0 Å². The van der Waals surface area contributed by atoms with Crippen molar-refractivity contribution in [2.45, 2.75) is 58.4 Å². The Kier molecular flexibility index (Phi) is 7.52. The molecule has 0 N–H and O–H groups in total. The number of hydrogen-bond donors (Lipinski definition) is 0. The Morgan fingerprint density at radius 3 is 1.95 bits per heavy atom. The molecular weight excluding hydrogens is 478 g/mol. The van der Waals surface area contributed by atoms with Gasteiger partial charge >= 0.3 is 18.2 Å². The van der Waals surface area contributed by atoms with Gasteiger partial charge in [-0.05, 0) is 53.7 Å². The molecule has 2 amide bonds. The summed E-state index contributed by atoms with van der Waals surface area (Å²) >= 11 is 0. The maximum absolute atomic E-state index is 13.8. The van der Waals surface area contributed by atoms with Crippen LogP contribution >= 0.6 is 0 Å². The molecular formula is C27H33N3O7. The molecule has 0 radical (unpaired) electrons. The highest BCUT2D eigenvalue weighted by Gasteiger charge is 2.61. The van der Waals surface area contributed by atoms with Crippen LogP contribution in [0.1, 0.15) is 52.7 Å². The van der Waals surface area contributed by atoms with Crippen LogP contribution in [0.2, 0.25) is 0 Å². The molecule has 3 rings (SSSR count). The summed E-state index contributed by atoms with van der Waals surface area (Å²) in [6, 6.07) is 15.1. The van der Waals surface area contributed by atoms with Gasteiger partial charge in [0.2, 0.25) is 0 Å². The highest BCUT2D eigenvalue weighted by atomic mass is 16.6. The third kappa shape index (κ3) is 5.68. The number of amidine groups is 1. The first kappa shape index (κ1) is 27.5. The van der Waals surface area contributed by atoms with E-state index in [1.165, 1.54) is 14.2 Å². The van der Waals surface area contributed by atoms with Crippen LogP contribution < -0.4 is 4.74 Å². The van der Waals surface area contributed by atoms with Crippen LogP contribution in [0.4, 0.5) is 9.59 Å². The third-order valence-electron chi connectivity index (χ3n) is 5.08. The molecule has 1 aliphatic rings. The number of carbonyl (C=O) groups is 3. The maximum atomic E-state index is 13.8. The van der Waals surface area contributed by atoms with Crippen LogP contribution in [-0.4, -0.2) is 59.4 Å². The number of carbonyl (C=O) groups excluding carboxylic acids is 3. The molecule has 0 fully saturated rings. The van der Waals surface area contributed by atoms with E-state index in [0.717, 1.165) is 10.0 Å². The lowest BCUT2D eigenvalue weighted by Gasteiger charge is -2.38.